The fourth-order valence-corrected chi connectivity index (χ4v) is 6.26. The van der Waals surface area contributed by atoms with Crippen LogP contribution in [0.5, 0.6) is 0 Å². The molecule has 1 aromatic rings. The second kappa shape index (κ2) is 5.61. The molecule has 4 fully saturated rings. The number of primary amides is 1. The second-order valence-electron chi connectivity index (χ2n) is 11.1. The van der Waals surface area contributed by atoms with Gasteiger partial charge in [-0.05, 0) is 59.5 Å². The van der Waals surface area contributed by atoms with E-state index in [0.29, 0.717) is 24.2 Å². The number of carbonyl (C=O) groups is 2. The zero-order valence-corrected chi connectivity index (χ0v) is 17.3. The van der Waals surface area contributed by atoms with Gasteiger partial charge in [0.15, 0.2) is 0 Å². The van der Waals surface area contributed by atoms with Gasteiger partial charge in [-0.25, -0.2) is 0 Å². The zero-order valence-electron chi connectivity index (χ0n) is 17.3. The molecule has 2 amide bonds. The maximum atomic E-state index is 13.1. The van der Waals surface area contributed by atoms with E-state index in [0.717, 1.165) is 32.4 Å². The van der Waals surface area contributed by atoms with Crippen molar-refractivity contribution in [2.24, 2.45) is 28.9 Å². The van der Waals surface area contributed by atoms with Crippen molar-refractivity contribution in [3.63, 3.8) is 0 Å². The largest absolute Gasteiger partial charge is 0.370 e. The van der Waals surface area contributed by atoms with Crippen LogP contribution in [0.15, 0.2) is 24.3 Å². The van der Waals surface area contributed by atoms with Crippen LogP contribution < -0.4 is 5.73 Å². The van der Waals surface area contributed by atoms with Crippen molar-refractivity contribution in [3.05, 3.63) is 35.4 Å². The van der Waals surface area contributed by atoms with E-state index in [-0.39, 0.29) is 28.1 Å². The molecule has 0 radical (unpaired) electrons. The number of carbonyl (C=O) groups excluding carboxylic acids is 2. The van der Waals surface area contributed by atoms with Gasteiger partial charge in [0, 0.05) is 30.8 Å². The molecule has 5 atom stereocenters. The van der Waals surface area contributed by atoms with Crippen molar-refractivity contribution in [1.82, 2.24) is 4.90 Å². The van der Waals surface area contributed by atoms with Crippen molar-refractivity contribution in [2.45, 2.75) is 63.7 Å². The highest BCUT2D eigenvalue weighted by molar-refractivity contribution is 5.82. The fraction of sp³-hybridized carbons (Fsp3) is 0.667. The van der Waals surface area contributed by atoms with E-state index in [1.807, 2.05) is 0 Å². The number of nitrogens with zero attached hydrogens (tertiary/aromatic N) is 1. The summed E-state index contributed by atoms with van der Waals surface area (Å²) in [4.78, 5) is 26.3. The zero-order chi connectivity index (χ0) is 19.9. The first-order valence-electron chi connectivity index (χ1n) is 10.8. The Labute approximate surface area is 167 Å². The first-order chi connectivity index (χ1) is 13.1. The molecule has 0 spiro atoms. The lowest BCUT2D eigenvalue weighted by molar-refractivity contribution is -0.140. The minimum absolute atomic E-state index is 0.173. The molecule has 0 bridgehead atoms. The first-order valence-corrected chi connectivity index (χ1v) is 10.8. The van der Waals surface area contributed by atoms with E-state index >= 15 is 0 Å². The van der Waals surface area contributed by atoms with Crippen LogP contribution in [0.4, 0.5) is 0 Å². The number of hydrogen-bond donors (Lipinski definition) is 1. The van der Waals surface area contributed by atoms with Gasteiger partial charge < -0.3 is 10.6 Å². The summed E-state index contributed by atoms with van der Waals surface area (Å²) in [5.74, 6) is 1.50. The van der Waals surface area contributed by atoms with E-state index in [4.69, 9.17) is 5.73 Å². The Bertz CT molecular complexity index is 839. The summed E-state index contributed by atoms with van der Waals surface area (Å²) >= 11 is 0. The number of likely N-dealkylation sites (tertiary alicyclic amines) is 1. The van der Waals surface area contributed by atoms with E-state index in [1.165, 1.54) is 17.5 Å². The van der Waals surface area contributed by atoms with Gasteiger partial charge in [0.2, 0.25) is 11.8 Å². The molecule has 4 heteroatoms. The lowest BCUT2D eigenvalue weighted by atomic mass is 9.71. The number of piperidine rings is 1. The number of benzene rings is 1. The van der Waals surface area contributed by atoms with E-state index in [1.54, 1.807) is 0 Å². The Morgan fingerprint density at radius 2 is 1.86 bits per heavy atom. The number of nitrogens with two attached hydrogens (primary N) is 1. The van der Waals surface area contributed by atoms with Crippen LogP contribution in [0, 0.1) is 23.2 Å². The van der Waals surface area contributed by atoms with Crippen molar-refractivity contribution in [3.8, 4) is 0 Å². The Kier molecular flexibility index (Phi) is 3.65. The standard InChI is InChI=1S/C24H32N2O2/c1-22(2,3)15-4-6-16(7-5-15)24-10-17(24)13-26(14-24)21(28)18-11-23(12-19(18)23)9-8-20(25)27/h4-7,17-19H,8-14H2,1-3H3,(H2,25,27)/t17-,18+,19?,23+,24+/m0/s1. The third-order valence-electron chi connectivity index (χ3n) is 8.33. The molecule has 5 rings (SSSR count). The third-order valence-corrected chi connectivity index (χ3v) is 8.33. The van der Waals surface area contributed by atoms with Gasteiger partial charge in [-0.1, -0.05) is 45.0 Å². The Balaban J connectivity index is 1.22. The molecule has 1 unspecified atom stereocenters. The summed E-state index contributed by atoms with van der Waals surface area (Å²) in [5, 5.41) is 0. The van der Waals surface area contributed by atoms with Gasteiger partial charge in [0.05, 0.1) is 0 Å². The molecule has 4 nitrogen and oxygen atoms in total. The molecule has 3 saturated carbocycles. The molecule has 1 aromatic carbocycles. The predicted octanol–water partition coefficient (Wildman–Crippen LogP) is 3.38. The van der Waals surface area contributed by atoms with Gasteiger partial charge >= 0.3 is 0 Å². The Morgan fingerprint density at radius 3 is 2.46 bits per heavy atom. The van der Waals surface area contributed by atoms with E-state index in [2.05, 4.69) is 49.9 Å². The molecular weight excluding hydrogens is 348 g/mol. The predicted molar refractivity (Wildman–Crippen MR) is 109 cm³/mol. The van der Waals surface area contributed by atoms with Crippen LogP contribution in [-0.2, 0) is 20.4 Å². The number of rotatable bonds is 5. The van der Waals surface area contributed by atoms with Gasteiger partial charge in [-0.15, -0.1) is 0 Å². The molecule has 4 aliphatic rings. The second-order valence-corrected chi connectivity index (χ2v) is 11.1. The van der Waals surface area contributed by atoms with Crippen molar-refractivity contribution < 1.29 is 9.59 Å². The minimum Gasteiger partial charge on any atom is -0.370 e. The van der Waals surface area contributed by atoms with Crippen LogP contribution in [0.3, 0.4) is 0 Å². The monoisotopic (exact) mass is 380 g/mol. The smallest absolute Gasteiger partial charge is 0.226 e. The molecule has 0 aromatic heterocycles. The van der Waals surface area contributed by atoms with Gasteiger partial charge in [-0.2, -0.15) is 0 Å². The highest BCUT2D eigenvalue weighted by Crippen LogP contribution is 2.73. The number of amides is 2. The van der Waals surface area contributed by atoms with Gasteiger partial charge in [0.25, 0.3) is 0 Å². The lowest BCUT2D eigenvalue weighted by Crippen LogP contribution is -2.43. The summed E-state index contributed by atoms with van der Waals surface area (Å²) in [6.45, 7) is 8.56. The SMILES string of the molecule is CC(C)(C)c1ccc([C@]23C[C@H]2CN(C(=O)[C@@H]2C[C@]4(CCC(N)=O)CC24)C3)cc1. The minimum atomic E-state index is -0.214. The summed E-state index contributed by atoms with van der Waals surface area (Å²) in [6, 6.07) is 9.14. The lowest BCUT2D eigenvalue weighted by Gasteiger charge is -2.36. The molecule has 1 aliphatic heterocycles. The molecule has 28 heavy (non-hydrogen) atoms. The van der Waals surface area contributed by atoms with Crippen LogP contribution >= 0.6 is 0 Å². The molecule has 1 heterocycles. The Hall–Kier alpha value is -1.84. The van der Waals surface area contributed by atoms with Crippen molar-refractivity contribution >= 4 is 11.8 Å². The summed E-state index contributed by atoms with van der Waals surface area (Å²) in [6.07, 6.45) is 4.66. The topological polar surface area (TPSA) is 63.4 Å². The summed E-state index contributed by atoms with van der Waals surface area (Å²) in [7, 11) is 0. The van der Waals surface area contributed by atoms with Crippen LogP contribution in [0.2, 0.25) is 0 Å². The van der Waals surface area contributed by atoms with E-state index < -0.39 is 0 Å². The third kappa shape index (κ3) is 2.63. The number of fused-ring (bicyclic) bond motifs is 2. The highest BCUT2D eigenvalue weighted by atomic mass is 16.2. The summed E-state index contributed by atoms with van der Waals surface area (Å²) in [5.41, 5.74) is 8.74. The van der Waals surface area contributed by atoms with Crippen LogP contribution in [-0.4, -0.2) is 29.8 Å². The fourth-order valence-electron chi connectivity index (χ4n) is 6.26. The van der Waals surface area contributed by atoms with Gasteiger partial charge in [0.1, 0.15) is 0 Å². The van der Waals surface area contributed by atoms with Crippen LogP contribution in [0.1, 0.15) is 64.0 Å². The molecule has 2 N–H and O–H groups in total. The van der Waals surface area contributed by atoms with Gasteiger partial charge in [-0.3, -0.25) is 9.59 Å². The molecule has 3 aliphatic carbocycles. The van der Waals surface area contributed by atoms with Crippen LogP contribution in [0.25, 0.3) is 0 Å². The average molecular weight is 381 g/mol. The Morgan fingerprint density at radius 1 is 1.14 bits per heavy atom. The van der Waals surface area contributed by atoms with Crippen molar-refractivity contribution in [2.75, 3.05) is 13.1 Å². The van der Waals surface area contributed by atoms with E-state index in [9.17, 15) is 9.59 Å². The quantitative estimate of drug-likeness (QED) is 0.851. The highest BCUT2D eigenvalue weighted by Gasteiger charge is 2.70. The average Bonchev–Trinajstić information content (AvgIpc) is 3.43. The first kappa shape index (κ1) is 18.2. The maximum absolute atomic E-state index is 13.1. The molecule has 150 valence electrons. The normalized spacial score (nSPS) is 37.7. The number of hydrogen-bond acceptors (Lipinski definition) is 2. The molecular formula is C24H32N2O2. The molecule has 1 saturated heterocycles. The van der Waals surface area contributed by atoms with Crippen molar-refractivity contribution in [1.29, 1.82) is 0 Å². The summed E-state index contributed by atoms with van der Waals surface area (Å²) < 4.78 is 0. The maximum Gasteiger partial charge on any atom is 0.226 e.